The van der Waals surface area contributed by atoms with Gasteiger partial charge in [-0.15, -0.1) is 0 Å². The number of ether oxygens (including phenoxy) is 1. The molecule has 1 atom stereocenters. The molecule has 1 aliphatic heterocycles. The monoisotopic (exact) mass is 265 g/mol. The van der Waals surface area contributed by atoms with Crippen LogP contribution in [0.25, 0.3) is 0 Å². The van der Waals surface area contributed by atoms with Crippen molar-refractivity contribution >= 4 is 11.9 Å². The van der Waals surface area contributed by atoms with E-state index in [-0.39, 0.29) is 5.97 Å². The Morgan fingerprint density at radius 3 is 2.45 bits per heavy atom. The molecule has 0 aromatic heterocycles. The third-order valence-electron chi connectivity index (χ3n) is 3.31. The van der Waals surface area contributed by atoms with Crippen LogP contribution in [0.2, 0.25) is 0 Å². The zero-order chi connectivity index (χ0) is 13.9. The second-order valence-electron chi connectivity index (χ2n) is 4.93. The summed E-state index contributed by atoms with van der Waals surface area (Å²) in [4.78, 5) is 16.3. The summed E-state index contributed by atoms with van der Waals surface area (Å²) in [5, 5.41) is 0. The summed E-state index contributed by atoms with van der Waals surface area (Å²) in [5.74, 6) is 0.153. The summed E-state index contributed by atoms with van der Waals surface area (Å²) in [5.41, 5.74) is 3.10. The van der Waals surface area contributed by atoms with Crippen molar-refractivity contribution in [3.63, 3.8) is 0 Å². The van der Waals surface area contributed by atoms with Crippen molar-refractivity contribution in [2.75, 3.05) is 0 Å². The molecule has 3 heteroatoms. The van der Waals surface area contributed by atoms with Gasteiger partial charge < -0.3 is 4.74 Å². The Bertz CT molecular complexity index is 644. The molecule has 0 saturated heterocycles. The fraction of sp³-hybridized carbons (Fsp3) is 0.176. The largest absolute Gasteiger partial charge is 0.406 e. The molecule has 2 aromatic rings. The highest BCUT2D eigenvalue weighted by Gasteiger charge is 2.29. The standard InChI is InChI=1S/C17H15NO2/c1-12-7-9-14(10-8-12)16-18-15(17(19)20-16)11-13-5-3-2-4-6-13/h2-10,15H,11H2,1H3. The Balaban J connectivity index is 1.80. The lowest BCUT2D eigenvalue weighted by Crippen LogP contribution is -2.17. The molecule has 100 valence electrons. The lowest BCUT2D eigenvalue weighted by atomic mass is 10.1. The minimum Gasteiger partial charge on any atom is -0.406 e. The van der Waals surface area contributed by atoms with Crippen molar-refractivity contribution in [1.29, 1.82) is 0 Å². The second-order valence-corrected chi connectivity index (χ2v) is 4.93. The van der Waals surface area contributed by atoms with Crippen molar-refractivity contribution < 1.29 is 9.53 Å². The van der Waals surface area contributed by atoms with Gasteiger partial charge in [0, 0.05) is 12.0 Å². The predicted octanol–water partition coefficient (Wildman–Crippen LogP) is 2.91. The SMILES string of the molecule is Cc1ccc(C2=NC(Cc3ccccc3)C(=O)O2)cc1. The predicted molar refractivity (Wildman–Crippen MR) is 77.7 cm³/mol. The van der Waals surface area contributed by atoms with Gasteiger partial charge in [0.05, 0.1) is 0 Å². The number of benzene rings is 2. The fourth-order valence-electron chi connectivity index (χ4n) is 2.18. The van der Waals surface area contributed by atoms with E-state index in [1.165, 1.54) is 5.56 Å². The van der Waals surface area contributed by atoms with Crippen LogP contribution in [-0.4, -0.2) is 17.9 Å². The van der Waals surface area contributed by atoms with Gasteiger partial charge in [-0.25, -0.2) is 9.79 Å². The van der Waals surface area contributed by atoms with Gasteiger partial charge in [0.15, 0.2) is 6.04 Å². The van der Waals surface area contributed by atoms with Gasteiger partial charge in [-0.2, -0.15) is 0 Å². The first-order valence-corrected chi connectivity index (χ1v) is 6.63. The third kappa shape index (κ3) is 2.62. The van der Waals surface area contributed by atoms with Gasteiger partial charge in [0.2, 0.25) is 5.90 Å². The van der Waals surface area contributed by atoms with E-state index >= 15 is 0 Å². The molecule has 1 unspecified atom stereocenters. The summed E-state index contributed by atoms with van der Waals surface area (Å²) in [7, 11) is 0. The van der Waals surface area contributed by atoms with Gasteiger partial charge >= 0.3 is 5.97 Å². The summed E-state index contributed by atoms with van der Waals surface area (Å²) >= 11 is 0. The molecule has 0 radical (unpaired) electrons. The summed E-state index contributed by atoms with van der Waals surface area (Å²) < 4.78 is 5.28. The zero-order valence-electron chi connectivity index (χ0n) is 11.2. The van der Waals surface area contributed by atoms with Crippen LogP contribution in [0.1, 0.15) is 16.7 Å². The Hall–Kier alpha value is -2.42. The lowest BCUT2D eigenvalue weighted by molar-refractivity contribution is -0.134. The number of hydrogen-bond donors (Lipinski definition) is 0. The molecule has 0 amide bonds. The van der Waals surface area contributed by atoms with Gasteiger partial charge in [-0.05, 0) is 24.6 Å². The first kappa shape index (κ1) is 12.6. The molecule has 1 heterocycles. The number of carbonyl (C=O) groups is 1. The second kappa shape index (κ2) is 5.29. The van der Waals surface area contributed by atoms with E-state index in [0.29, 0.717) is 12.3 Å². The van der Waals surface area contributed by atoms with Crippen molar-refractivity contribution in [1.82, 2.24) is 0 Å². The summed E-state index contributed by atoms with van der Waals surface area (Å²) in [6.45, 7) is 2.02. The number of esters is 1. The summed E-state index contributed by atoms with van der Waals surface area (Å²) in [6, 6.07) is 17.2. The highest BCUT2D eigenvalue weighted by Crippen LogP contribution is 2.17. The van der Waals surface area contributed by atoms with Crippen molar-refractivity contribution in [2.45, 2.75) is 19.4 Å². The smallest absolute Gasteiger partial charge is 0.338 e. The number of nitrogens with zero attached hydrogens (tertiary/aromatic N) is 1. The van der Waals surface area contributed by atoms with Gasteiger partial charge in [-0.3, -0.25) is 0 Å². The molecule has 3 nitrogen and oxygen atoms in total. The average Bonchev–Trinajstić information content (AvgIpc) is 2.82. The molecule has 0 bridgehead atoms. The van der Waals surface area contributed by atoms with Crippen LogP contribution in [0, 0.1) is 6.92 Å². The Labute approximate surface area is 117 Å². The number of hydrogen-bond acceptors (Lipinski definition) is 3. The molecular formula is C17H15NO2. The van der Waals surface area contributed by atoms with Crippen LogP contribution in [0.15, 0.2) is 59.6 Å². The van der Waals surface area contributed by atoms with Gasteiger partial charge in [-0.1, -0.05) is 48.0 Å². The topological polar surface area (TPSA) is 38.7 Å². The van der Waals surface area contributed by atoms with Crippen LogP contribution < -0.4 is 0 Å². The molecule has 2 aromatic carbocycles. The molecule has 1 aliphatic rings. The van der Waals surface area contributed by atoms with E-state index in [1.807, 2.05) is 61.5 Å². The molecule has 3 rings (SSSR count). The number of aryl methyl sites for hydroxylation is 1. The maximum Gasteiger partial charge on any atom is 0.338 e. The molecular weight excluding hydrogens is 250 g/mol. The first-order chi connectivity index (χ1) is 9.72. The first-order valence-electron chi connectivity index (χ1n) is 6.63. The van der Waals surface area contributed by atoms with E-state index in [9.17, 15) is 4.79 Å². The molecule has 0 saturated carbocycles. The maximum absolute atomic E-state index is 11.9. The highest BCUT2D eigenvalue weighted by molar-refractivity contribution is 6.06. The number of carbonyl (C=O) groups excluding carboxylic acids is 1. The van der Waals surface area contributed by atoms with E-state index in [4.69, 9.17) is 4.74 Å². The number of cyclic esters (lactones) is 1. The van der Waals surface area contributed by atoms with Crippen molar-refractivity contribution in [3.8, 4) is 0 Å². The molecule has 20 heavy (non-hydrogen) atoms. The van der Waals surface area contributed by atoms with Crippen LogP contribution in [0.4, 0.5) is 0 Å². The minimum absolute atomic E-state index is 0.274. The van der Waals surface area contributed by atoms with E-state index in [1.54, 1.807) is 0 Å². The third-order valence-corrected chi connectivity index (χ3v) is 3.31. The normalized spacial score (nSPS) is 17.8. The van der Waals surface area contributed by atoms with Crippen LogP contribution in [0.5, 0.6) is 0 Å². The highest BCUT2D eigenvalue weighted by atomic mass is 16.6. The number of aliphatic imine (C=N–C) groups is 1. The maximum atomic E-state index is 11.9. The lowest BCUT2D eigenvalue weighted by Gasteiger charge is -2.02. The Kier molecular flexibility index (Phi) is 3.33. The Morgan fingerprint density at radius 1 is 1.05 bits per heavy atom. The molecule has 0 N–H and O–H groups in total. The fourth-order valence-corrected chi connectivity index (χ4v) is 2.18. The van der Waals surface area contributed by atoms with E-state index < -0.39 is 6.04 Å². The molecule has 0 aliphatic carbocycles. The molecule has 0 fully saturated rings. The summed E-state index contributed by atoms with van der Waals surface area (Å²) in [6.07, 6.45) is 0.578. The van der Waals surface area contributed by atoms with Crippen molar-refractivity contribution in [3.05, 3.63) is 71.3 Å². The molecule has 0 spiro atoms. The average molecular weight is 265 g/mol. The van der Waals surface area contributed by atoms with Crippen LogP contribution >= 0.6 is 0 Å². The quantitative estimate of drug-likeness (QED) is 0.800. The van der Waals surface area contributed by atoms with E-state index in [0.717, 1.165) is 11.1 Å². The van der Waals surface area contributed by atoms with Crippen LogP contribution in [0.3, 0.4) is 0 Å². The van der Waals surface area contributed by atoms with Crippen molar-refractivity contribution in [2.24, 2.45) is 4.99 Å². The van der Waals surface area contributed by atoms with Gasteiger partial charge in [0.1, 0.15) is 0 Å². The zero-order valence-corrected chi connectivity index (χ0v) is 11.2. The van der Waals surface area contributed by atoms with E-state index in [2.05, 4.69) is 4.99 Å². The Morgan fingerprint density at radius 2 is 1.75 bits per heavy atom. The van der Waals surface area contributed by atoms with Crippen LogP contribution in [-0.2, 0) is 16.0 Å². The minimum atomic E-state index is -0.436. The van der Waals surface area contributed by atoms with Gasteiger partial charge in [0.25, 0.3) is 0 Å². The number of rotatable bonds is 3.